The number of nitrogens with one attached hydrogen (secondary N) is 1. The lowest BCUT2D eigenvalue weighted by Crippen LogP contribution is -2.33. The van der Waals surface area contributed by atoms with Crippen LogP contribution in [-0.4, -0.2) is 20.7 Å². The summed E-state index contributed by atoms with van der Waals surface area (Å²) in [6.07, 6.45) is 3.32. The topological polar surface area (TPSA) is 76.9 Å². The first-order chi connectivity index (χ1) is 12.1. The summed E-state index contributed by atoms with van der Waals surface area (Å²) in [4.78, 5) is 28.1. The minimum absolute atomic E-state index is 0.128. The summed E-state index contributed by atoms with van der Waals surface area (Å²) in [5.41, 5.74) is 2.06. The van der Waals surface area contributed by atoms with E-state index >= 15 is 0 Å². The number of pyridine rings is 1. The first-order valence-electron chi connectivity index (χ1n) is 7.61. The van der Waals surface area contributed by atoms with Crippen molar-refractivity contribution in [1.29, 1.82) is 0 Å². The van der Waals surface area contributed by atoms with Gasteiger partial charge in [-0.3, -0.25) is 14.6 Å². The van der Waals surface area contributed by atoms with Gasteiger partial charge in [0.2, 0.25) is 5.91 Å². The molecule has 25 heavy (non-hydrogen) atoms. The number of benzene rings is 1. The van der Waals surface area contributed by atoms with Crippen LogP contribution in [0.25, 0.3) is 11.3 Å². The van der Waals surface area contributed by atoms with Gasteiger partial charge in [0.1, 0.15) is 6.54 Å². The van der Waals surface area contributed by atoms with Gasteiger partial charge in [-0.25, -0.2) is 4.68 Å². The fraction of sp³-hybridized carbons (Fsp3) is 0.111. The third kappa shape index (κ3) is 4.72. The van der Waals surface area contributed by atoms with Crippen molar-refractivity contribution >= 4 is 28.5 Å². The Kier molecular flexibility index (Phi) is 5.54. The van der Waals surface area contributed by atoms with Crippen molar-refractivity contribution in [3.05, 3.63) is 80.4 Å². The number of hydrogen-bond acceptors (Lipinski definition) is 4. The molecule has 0 aliphatic rings. The summed E-state index contributed by atoms with van der Waals surface area (Å²) in [5.74, 6) is -0.267. The van der Waals surface area contributed by atoms with E-state index in [1.165, 1.54) is 6.07 Å². The summed E-state index contributed by atoms with van der Waals surface area (Å²) in [6, 6.07) is 14.5. The van der Waals surface area contributed by atoms with Gasteiger partial charge >= 0.3 is 0 Å². The van der Waals surface area contributed by atoms with Crippen LogP contribution in [0.1, 0.15) is 5.56 Å². The molecule has 0 aliphatic carbocycles. The zero-order valence-electron chi connectivity index (χ0n) is 13.2. The first kappa shape index (κ1) is 17.3. The Morgan fingerprint density at radius 2 is 1.92 bits per heavy atom. The van der Waals surface area contributed by atoms with E-state index in [1.807, 2.05) is 30.3 Å². The van der Waals surface area contributed by atoms with E-state index < -0.39 is 0 Å². The third-order valence-electron chi connectivity index (χ3n) is 3.52. The second kappa shape index (κ2) is 8.02. The van der Waals surface area contributed by atoms with E-state index in [1.54, 1.807) is 24.5 Å². The number of carbonyl (C=O) groups is 1. The maximum absolute atomic E-state index is 12.1. The molecule has 0 fully saturated rings. The minimum atomic E-state index is -0.322. The molecule has 0 bridgehead atoms. The maximum atomic E-state index is 12.1. The lowest BCUT2D eigenvalue weighted by molar-refractivity contribution is -0.122. The zero-order chi connectivity index (χ0) is 17.6. The molecule has 1 amide bonds. The van der Waals surface area contributed by atoms with Crippen LogP contribution in [-0.2, 0) is 17.9 Å². The fourth-order valence-corrected chi connectivity index (χ4v) is 2.58. The Morgan fingerprint density at radius 3 is 2.64 bits per heavy atom. The van der Waals surface area contributed by atoms with Gasteiger partial charge in [-0.1, -0.05) is 12.1 Å². The molecule has 2 heterocycles. The van der Waals surface area contributed by atoms with Gasteiger partial charge in [-0.2, -0.15) is 5.10 Å². The van der Waals surface area contributed by atoms with Crippen LogP contribution < -0.4 is 10.9 Å². The molecule has 0 unspecified atom stereocenters. The molecular formula is C18H15IN4O2. The lowest BCUT2D eigenvalue weighted by atomic mass is 10.2. The average Bonchev–Trinajstić information content (AvgIpc) is 2.64. The summed E-state index contributed by atoms with van der Waals surface area (Å²) >= 11 is 2.23. The summed E-state index contributed by atoms with van der Waals surface area (Å²) in [5, 5.41) is 7.05. The van der Waals surface area contributed by atoms with Crippen molar-refractivity contribution in [3.63, 3.8) is 0 Å². The highest BCUT2D eigenvalue weighted by Gasteiger charge is 2.08. The van der Waals surface area contributed by atoms with Crippen LogP contribution in [0.4, 0.5) is 0 Å². The molecule has 0 aliphatic heterocycles. The molecule has 0 radical (unpaired) electrons. The molecule has 0 spiro atoms. The third-order valence-corrected chi connectivity index (χ3v) is 4.24. The molecule has 3 rings (SSSR count). The molecule has 126 valence electrons. The molecule has 0 saturated carbocycles. The van der Waals surface area contributed by atoms with Gasteiger partial charge in [0.15, 0.2) is 0 Å². The predicted molar refractivity (Wildman–Crippen MR) is 103 cm³/mol. The number of halogens is 1. The monoisotopic (exact) mass is 446 g/mol. The van der Waals surface area contributed by atoms with E-state index in [0.717, 1.165) is 19.4 Å². The highest BCUT2D eigenvalue weighted by Crippen LogP contribution is 2.12. The number of aromatic nitrogens is 3. The molecule has 1 N–H and O–H groups in total. The predicted octanol–water partition coefficient (Wildman–Crippen LogP) is 2.23. The summed E-state index contributed by atoms with van der Waals surface area (Å²) in [7, 11) is 0. The van der Waals surface area contributed by atoms with E-state index in [4.69, 9.17) is 0 Å². The Balaban J connectivity index is 1.68. The van der Waals surface area contributed by atoms with E-state index in [-0.39, 0.29) is 18.0 Å². The number of rotatable bonds is 5. The second-order valence-electron chi connectivity index (χ2n) is 5.36. The molecular weight excluding hydrogens is 431 g/mol. The fourth-order valence-electron chi connectivity index (χ4n) is 2.23. The molecule has 7 heteroatoms. The quantitative estimate of drug-likeness (QED) is 0.610. The van der Waals surface area contributed by atoms with Gasteiger partial charge in [0, 0.05) is 34.1 Å². The van der Waals surface area contributed by atoms with Gasteiger partial charge in [-0.05, 0) is 58.5 Å². The molecule has 0 atom stereocenters. The van der Waals surface area contributed by atoms with Gasteiger partial charge < -0.3 is 5.32 Å². The van der Waals surface area contributed by atoms with Crippen LogP contribution in [0, 0.1) is 3.57 Å². The van der Waals surface area contributed by atoms with Crippen LogP contribution in [0.5, 0.6) is 0 Å². The van der Waals surface area contributed by atoms with E-state index in [9.17, 15) is 9.59 Å². The number of nitrogens with zero attached hydrogens (tertiary/aromatic N) is 3. The number of hydrogen-bond donors (Lipinski definition) is 1. The van der Waals surface area contributed by atoms with Crippen molar-refractivity contribution in [2.45, 2.75) is 13.1 Å². The van der Waals surface area contributed by atoms with Crippen LogP contribution in [0.15, 0.2) is 65.7 Å². The van der Waals surface area contributed by atoms with Crippen molar-refractivity contribution in [1.82, 2.24) is 20.1 Å². The van der Waals surface area contributed by atoms with E-state index in [2.05, 4.69) is 38.0 Å². The second-order valence-corrected chi connectivity index (χ2v) is 6.60. The Hall–Kier alpha value is -2.55. The van der Waals surface area contributed by atoms with Crippen molar-refractivity contribution in [3.8, 4) is 11.3 Å². The standard InChI is InChI=1S/C18H15IN4O2/c19-15-5-3-13(4-6-15)10-21-17(24)12-23-18(25)8-7-16(22-23)14-2-1-9-20-11-14/h1-9,11H,10,12H2,(H,21,24). The lowest BCUT2D eigenvalue weighted by Gasteiger charge is -2.08. The largest absolute Gasteiger partial charge is 0.350 e. The molecule has 0 saturated heterocycles. The molecule has 2 aromatic heterocycles. The average molecular weight is 446 g/mol. The highest BCUT2D eigenvalue weighted by molar-refractivity contribution is 14.1. The summed E-state index contributed by atoms with van der Waals surface area (Å²) in [6.45, 7) is 0.282. The zero-order valence-corrected chi connectivity index (χ0v) is 15.4. The van der Waals surface area contributed by atoms with Crippen molar-refractivity contribution < 1.29 is 4.79 Å². The number of amides is 1. The van der Waals surface area contributed by atoms with Crippen LogP contribution in [0.3, 0.4) is 0 Å². The Bertz CT molecular complexity index is 924. The molecule has 1 aromatic carbocycles. The van der Waals surface area contributed by atoms with Gasteiger partial charge in [0.05, 0.1) is 5.69 Å². The van der Waals surface area contributed by atoms with Gasteiger partial charge in [-0.15, -0.1) is 0 Å². The summed E-state index contributed by atoms with van der Waals surface area (Å²) < 4.78 is 2.29. The Labute approximate surface area is 158 Å². The SMILES string of the molecule is O=C(Cn1nc(-c2cccnc2)ccc1=O)NCc1ccc(I)cc1. The van der Waals surface area contributed by atoms with E-state index in [0.29, 0.717) is 12.2 Å². The highest BCUT2D eigenvalue weighted by atomic mass is 127. The normalized spacial score (nSPS) is 10.4. The first-order valence-corrected chi connectivity index (χ1v) is 8.69. The van der Waals surface area contributed by atoms with Crippen LogP contribution in [0.2, 0.25) is 0 Å². The minimum Gasteiger partial charge on any atom is -0.350 e. The molecule has 6 nitrogen and oxygen atoms in total. The Morgan fingerprint density at radius 1 is 1.12 bits per heavy atom. The maximum Gasteiger partial charge on any atom is 0.267 e. The number of carbonyl (C=O) groups excluding carboxylic acids is 1. The van der Waals surface area contributed by atoms with Crippen molar-refractivity contribution in [2.24, 2.45) is 0 Å². The van der Waals surface area contributed by atoms with Crippen molar-refractivity contribution in [2.75, 3.05) is 0 Å². The van der Waals surface area contributed by atoms with Gasteiger partial charge in [0.25, 0.3) is 5.56 Å². The smallest absolute Gasteiger partial charge is 0.267 e. The van der Waals surface area contributed by atoms with Crippen LogP contribution >= 0.6 is 22.6 Å². The molecule has 3 aromatic rings.